The summed E-state index contributed by atoms with van der Waals surface area (Å²) in [5, 5.41) is 0. The van der Waals surface area contributed by atoms with E-state index >= 15 is 0 Å². The molecule has 0 aliphatic rings. The van der Waals surface area contributed by atoms with Crippen molar-refractivity contribution in [1.82, 2.24) is 9.97 Å². The number of rotatable bonds is 2. The molecule has 2 aromatic carbocycles. The molecule has 0 aliphatic carbocycles. The van der Waals surface area contributed by atoms with E-state index in [2.05, 4.69) is 9.97 Å². The summed E-state index contributed by atoms with van der Waals surface area (Å²) in [6.45, 7) is 4.08. The van der Waals surface area contributed by atoms with Crippen LogP contribution in [0.4, 0.5) is 0 Å². The summed E-state index contributed by atoms with van der Waals surface area (Å²) in [7, 11) is 0. The third kappa shape index (κ3) is 2.44. The van der Waals surface area contributed by atoms with Gasteiger partial charge >= 0.3 is 0 Å². The summed E-state index contributed by atoms with van der Waals surface area (Å²) in [6.07, 6.45) is 0. The lowest BCUT2D eigenvalue weighted by molar-refractivity contribution is 0.621. The molecule has 122 valence electrons. The molecule has 0 saturated carbocycles. The predicted octanol–water partition coefficient (Wildman–Crippen LogP) is 5.98. The zero-order valence-corrected chi connectivity index (χ0v) is 14.6. The van der Waals surface area contributed by atoms with Gasteiger partial charge in [0.25, 0.3) is 0 Å². The third-order valence-electron chi connectivity index (χ3n) is 4.12. The molecule has 5 rings (SSSR count). The molecule has 0 unspecified atom stereocenters. The first-order valence-electron chi connectivity index (χ1n) is 8.01. The number of oxazole rings is 2. The van der Waals surface area contributed by atoms with Crippen LogP contribution in [-0.4, -0.2) is 9.97 Å². The minimum absolute atomic E-state index is 0.629. The quantitative estimate of drug-likeness (QED) is 0.394. The van der Waals surface area contributed by atoms with E-state index < -0.39 is 0 Å². The fourth-order valence-electron chi connectivity index (χ4n) is 2.84. The Morgan fingerprint density at radius 1 is 0.680 bits per heavy atom. The van der Waals surface area contributed by atoms with Crippen molar-refractivity contribution in [2.45, 2.75) is 13.8 Å². The van der Waals surface area contributed by atoms with Gasteiger partial charge in [0.15, 0.2) is 11.2 Å². The number of fused-ring (bicyclic) bond motifs is 2. The first-order chi connectivity index (χ1) is 12.2. The fourth-order valence-corrected chi connectivity index (χ4v) is 3.70. The molecule has 0 amide bonds. The largest absolute Gasteiger partial charge is 0.435 e. The Hall–Kier alpha value is -2.92. The summed E-state index contributed by atoms with van der Waals surface area (Å²) in [5.41, 5.74) is 5.66. The Kier molecular flexibility index (Phi) is 3.05. The van der Waals surface area contributed by atoms with Gasteiger partial charge in [0.05, 0.1) is 9.75 Å². The maximum Gasteiger partial charge on any atom is 0.237 e. The van der Waals surface area contributed by atoms with Crippen LogP contribution >= 0.6 is 11.3 Å². The van der Waals surface area contributed by atoms with E-state index in [1.807, 2.05) is 62.4 Å². The minimum atomic E-state index is 0.629. The molecule has 0 radical (unpaired) electrons. The second kappa shape index (κ2) is 5.29. The summed E-state index contributed by atoms with van der Waals surface area (Å²) in [5.74, 6) is 1.26. The monoisotopic (exact) mass is 346 g/mol. The highest BCUT2D eigenvalue weighted by Crippen LogP contribution is 2.36. The lowest BCUT2D eigenvalue weighted by Crippen LogP contribution is -1.71. The molecular formula is C20H14N2O2S. The van der Waals surface area contributed by atoms with Crippen LogP contribution in [0.5, 0.6) is 0 Å². The zero-order valence-electron chi connectivity index (χ0n) is 13.7. The van der Waals surface area contributed by atoms with Gasteiger partial charge in [-0.3, -0.25) is 0 Å². The Bertz CT molecular complexity index is 1130. The lowest BCUT2D eigenvalue weighted by Gasteiger charge is -1.89. The average molecular weight is 346 g/mol. The number of hydrogen-bond acceptors (Lipinski definition) is 5. The van der Waals surface area contributed by atoms with Crippen LogP contribution in [0.3, 0.4) is 0 Å². The molecule has 0 atom stereocenters. The molecule has 3 aromatic heterocycles. The van der Waals surface area contributed by atoms with Gasteiger partial charge in [-0.25, -0.2) is 9.97 Å². The summed E-state index contributed by atoms with van der Waals surface area (Å²) >= 11 is 1.57. The van der Waals surface area contributed by atoms with Crippen molar-refractivity contribution in [3.8, 4) is 21.5 Å². The van der Waals surface area contributed by atoms with Gasteiger partial charge in [-0.1, -0.05) is 12.1 Å². The van der Waals surface area contributed by atoms with E-state index in [1.54, 1.807) is 11.3 Å². The molecule has 0 fully saturated rings. The van der Waals surface area contributed by atoms with Crippen LogP contribution in [0.15, 0.2) is 57.4 Å². The molecule has 0 aliphatic heterocycles. The summed E-state index contributed by atoms with van der Waals surface area (Å²) in [6, 6.07) is 16.0. The number of aromatic nitrogens is 2. The Morgan fingerprint density at radius 2 is 1.16 bits per heavy atom. The van der Waals surface area contributed by atoms with E-state index in [0.717, 1.165) is 43.1 Å². The van der Waals surface area contributed by atoms with Crippen molar-refractivity contribution < 1.29 is 8.83 Å². The standard InChI is InChI=1S/C20H14N2O2S/c1-11-3-5-13-15(9-11)23-19(21-13)17-7-8-18(25-17)20-22-14-6-4-12(2)10-16(14)24-20/h3-10H,1-2H3. The fraction of sp³-hybridized carbons (Fsp3) is 0.100. The Balaban J connectivity index is 1.56. The number of aryl methyl sites for hydroxylation is 2. The highest BCUT2D eigenvalue weighted by Gasteiger charge is 2.15. The van der Waals surface area contributed by atoms with Gasteiger partial charge in [-0.05, 0) is 61.4 Å². The highest BCUT2D eigenvalue weighted by atomic mass is 32.1. The van der Waals surface area contributed by atoms with Crippen molar-refractivity contribution in [3.05, 3.63) is 59.7 Å². The number of benzene rings is 2. The SMILES string of the molecule is Cc1ccc2nc(-c3ccc(-c4nc5ccc(C)cc5o4)s3)oc2c1. The molecule has 0 saturated heterocycles. The molecule has 5 aromatic rings. The molecular weight excluding hydrogens is 332 g/mol. The lowest BCUT2D eigenvalue weighted by atomic mass is 10.2. The second-order valence-electron chi connectivity index (χ2n) is 6.14. The topological polar surface area (TPSA) is 52.1 Å². The first kappa shape index (κ1) is 14.4. The van der Waals surface area contributed by atoms with Gasteiger partial charge < -0.3 is 8.83 Å². The second-order valence-corrected chi connectivity index (χ2v) is 7.23. The number of nitrogens with zero attached hydrogens (tertiary/aromatic N) is 2. The van der Waals surface area contributed by atoms with Gasteiger partial charge in [0.2, 0.25) is 11.8 Å². The van der Waals surface area contributed by atoms with Crippen LogP contribution in [0, 0.1) is 13.8 Å². The molecule has 5 heteroatoms. The number of thiophene rings is 1. The maximum absolute atomic E-state index is 5.91. The third-order valence-corrected chi connectivity index (χ3v) is 5.18. The van der Waals surface area contributed by atoms with Crippen LogP contribution in [0.2, 0.25) is 0 Å². The Labute approximate surface area is 147 Å². The molecule has 4 nitrogen and oxygen atoms in total. The molecule has 25 heavy (non-hydrogen) atoms. The summed E-state index contributed by atoms with van der Waals surface area (Å²) in [4.78, 5) is 11.1. The zero-order chi connectivity index (χ0) is 17.0. The van der Waals surface area contributed by atoms with Gasteiger partial charge in [-0.2, -0.15) is 0 Å². The van der Waals surface area contributed by atoms with Crippen LogP contribution in [-0.2, 0) is 0 Å². The molecule has 0 N–H and O–H groups in total. The normalized spacial score (nSPS) is 11.6. The average Bonchev–Trinajstić information content (AvgIpc) is 3.30. The first-order valence-corrected chi connectivity index (χ1v) is 8.82. The predicted molar refractivity (Wildman–Crippen MR) is 99.8 cm³/mol. The van der Waals surface area contributed by atoms with E-state index in [9.17, 15) is 0 Å². The van der Waals surface area contributed by atoms with Crippen LogP contribution < -0.4 is 0 Å². The van der Waals surface area contributed by atoms with Crippen molar-refractivity contribution in [2.24, 2.45) is 0 Å². The van der Waals surface area contributed by atoms with Crippen molar-refractivity contribution in [1.29, 1.82) is 0 Å². The molecule has 3 heterocycles. The van der Waals surface area contributed by atoms with Crippen LogP contribution in [0.25, 0.3) is 43.7 Å². The van der Waals surface area contributed by atoms with Gasteiger partial charge in [0.1, 0.15) is 11.0 Å². The maximum atomic E-state index is 5.91. The number of hydrogen-bond donors (Lipinski definition) is 0. The van der Waals surface area contributed by atoms with E-state index in [0.29, 0.717) is 11.8 Å². The van der Waals surface area contributed by atoms with Crippen LogP contribution in [0.1, 0.15) is 11.1 Å². The minimum Gasteiger partial charge on any atom is -0.435 e. The van der Waals surface area contributed by atoms with Crippen molar-refractivity contribution >= 4 is 33.5 Å². The highest BCUT2D eigenvalue weighted by molar-refractivity contribution is 7.18. The van der Waals surface area contributed by atoms with E-state index in [4.69, 9.17) is 8.83 Å². The molecule has 0 bridgehead atoms. The Morgan fingerprint density at radius 3 is 1.64 bits per heavy atom. The van der Waals surface area contributed by atoms with Crippen molar-refractivity contribution in [3.63, 3.8) is 0 Å². The van der Waals surface area contributed by atoms with Crippen molar-refractivity contribution in [2.75, 3.05) is 0 Å². The van der Waals surface area contributed by atoms with E-state index in [1.165, 1.54) is 0 Å². The van der Waals surface area contributed by atoms with E-state index in [-0.39, 0.29) is 0 Å². The smallest absolute Gasteiger partial charge is 0.237 e. The van der Waals surface area contributed by atoms with Gasteiger partial charge in [0, 0.05) is 0 Å². The van der Waals surface area contributed by atoms with Gasteiger partial charge in [-0.15, -0.1) is 11.3 Å². The molecule has 0 spiro atoms. The summed E-state index contributed by atoms with van der Waals surface area (Å²) < 4.78 is 11.8.